The highest BCUT2D eigenvalue weighted by molar-refractivity contribution is 5.99. The van der Waals surface area contributed by atoms with Gasteiger partial charge in [-0.15, -0.1) is 0 Å². The lowest BCUT2D eigenvalue weighted by Crippen LogP contribution is -2.47. The third-order valence-corrected chi connectivity index (χ3v) is 4.81. The van der Waals surface area contributed by atoms with Crippen LogP contribution in [0.3, 0.4) is 0 Å². The molecule has 5 nitrogen and oxygen atoms in total. The molecule has 2 heterocycles. The van der Waals surface area contributed by atoms with Crippen LogP contribution in [0.5, 0.6) is 5.75 Å². The third-order valence-electron chi connectivity index (χ3n) is 4.81. The summed E-state index contributed by atoms with van der Waals surface area (Å²) >= 11 is 0. The van der Waals surface area contributed by atoms with E-state index in [9.17, 15) is 4.79 Å². The predicted molar refractivity (Wildman–Crippen MR) is 100 cm³/mol. The number of nitrogens with zero attached hydrogens (tertiary/aromatic N) is 2. The zero-order valence-corrected chi connectivity index (χ0v) is 14.9. The van der Waals surface area contributed by atoms with Crippen LogP contribution in [0.15, 0.2) is 59.0 Å². The molecule has 0 aliphatic carbocycles. The summed E-state index contributed by atoms with van der Waals surface area (Å²) in [6.07, 6.45) is 0. The predicted octanol–water partition coefficient (Wildman–Crippen LogP) is 3.40. The van der Waals surface area contributed by atoms with Crippen LogP contribution in [0, 0.1) is 0 Å². The first-order valence-corrected chi connectivity index (χ1v) is 8.88. The van der Waals surface area contributed by atoms with Gasteiger partial charge < -0.3 is 19.0 Å². The summed E-state index contributed by atoms with van der Waals surface area (Å²) in [6.45, 7) is 3.48. The highest BCUT2D eigenvalue weighted by Crippen LogP contribution is 2.28. The average molecular weight is 350 g/mol. The molecule has 26 heavy (non-hydrogen) atoms. The molecule has 0 saturated carbocycles. The second-order valence-corrected chi connectivity index (χ2v) is 6.60. The normalized spacial score (nSPS) is 15.3. The van der Waals surface area contributed by atoms with E-state index in [1.807, 2.05) is 59.5 Å². The maximum atomic E-state index is 13.1. The highest BCUT2D eigenvalue weighted by Gasteiger charge is 2.27. The van der Waals surface area contributed by atoms with Gasteiger partial charge in [-0.3, -0.25) is 4.79 Å². The van der Waals surface area contributed by atoms with Gasteiger partial charge in [0, 0.05) is 37.1 Å². The van der Waals surface area contributed by atoms with Crippen molar-refractivity contribution in [2.24, 2.45) is 0 Å². The Morgan fingerprint density at radius 1 is 1.00 bits per heavy atom. The van der Waals surface area contributed by atoms with E-state index in [-0.39, 0.29) is 5.91 Å². The van der Waals surface area contributed by atoms with Crippen LogP contribution in [-0.2, 0) is 6.61 Å². The van der Waals surface area contributed by atoms with Crippen LogP contribution in [0.25, 0.3) is 11.0 Å². The average Bonchev–Trinajstić information content (AvgIpc) is 3.06. The molecule has 4 rings (SSSR count). The number of hydrogen-bond donors (Lipinski definition) is 0. The zero-order chi connectivity index (χ0) is 17.9. The fourth-order valence-electron chi connectivity index (χ4n) is 3.24. The fraction of sp³-hybridized carbons (Fsp3) is 0.286. The van der Waals surface area contributed by atoms with Gasteiger partial charge in [-0.2, -0.15) is 0 Å². The molecule has 0 unspecified atom stereocenters. The van der Waals surface area contributed by atoms with Crippen LogP contribution in [0.4, 0.5) is 0 Å². The first-order chi connectivity index (χ1) is 12.7. The number of fused-ring (bicyclic) bond motifs is 1. The Hall–Kier alpha value is -2.79. The second kappa shape index (κ2) is 7.22. The molecule has 1 aliphatic rings. The molecule has 2 aromatic carbocycles. The van der Waals surface area contributed by atoms with E-state index >= 15 is 0 Å². The van der Waals surface area contributed by atoms with E-state index in [0.29, 0.717) is 25.5 Å². The van der Waals surface area contributed by atoms with Crippen molar-refractivity contribution in [3.05, 3.63) is 65.9 Å². The van der Waals surface area contributed by atoms with Crippen molar-refractivity contribution >= 4 is 16.9 Å². The number of furan rings is 1. The summed E-state index contributed by atoms with van der Waals surface area (Å²) in [5.74, 6) is 1.11. The van der Waals surface area contributed by atoms with E-state index in [0.717, 1.165) is 35.4 Å². The van der Waals surface area contributed by atoms with Crippen LogP contribution in [0.1, 0.15) is 16.1 Å². The summed E-state index contributed by atoms with van der Waals surface area (Å²) in [4.78, 5) is 17.2. The van der Waals surface area contributed by atoms with Gasteiger partial charge in [-0.1, -0.05) is 36.4 Å². The van der Waals surface area contributed by atoms with E-state index in [2.05, 4.69) is 11.9 Å². The van der Waals surface area contributed by atoms with Gasteiger partial charge in [0.15, 0.2) is 5.76 Å². The molecule has 0 bridgehead atoms. The van der Waals surface area contributed by atoms with Gasteiger partial charge in [0.05, 0.1) is 0 Å². The summed E-state index contributed by atoms with van der Waals surface area (Å²) in [7, 11) is 2.07. The molecule has 3 aromatic rings. The monoisotopic (exact) mass is 350 g/mol. The Kier molecular flexibility index (Phi) is 4.63. The number of amides is 1. The second-order valence-electron chi connectivity index (χ2n) is 6.60. The molecular formula is C21H22N2O3. The molecular weight excluding hydrogens is 328 g/mol. The number of benzene rings is 2. The Morgan fingerprint density at radius 3 is 2.46 bits per heavy atom. The first kappa shape index (κ1) is 16.7. The van der Waals surface area contributed by atoms with Crippen molar-refractivity contribution in [2.75, 3.05) is 33.2 Å². The fourth-order valence-corrected chi connectivity index (χ4v) is 3.24. The molecule has 1 aromatic heterocycles. The number of piperazine rings is 1. The van der Waals surface area contributed by atoms with Crippen molar-refractivity contribution in [2.45, 2.75) is 6.61 Å². The molecule has 0 N–H and O–H groups in total. The number of likely N-dealkylation sites (N-methyl/N-ethyl adjacent to an activating group) is 1. The van der Waals surface area contributed by atoms with E-state index in [4.69, 9.17) is 9.15 Å². The molecule has 1 aliphatic heterocycles. The molecule has 0 spiro atoms. The lowest BCUT2D eigenvalue weighted by Gasteiger charge is -2.32. The summed E-state index contributed by atoms with van der Waals surface area (Å²) in [6, 6.07) is 17.4. The van der Waals surface area contributed by atoms with Crippen LogP contribution in [0.2, 0.25) is 0 Å². The maximum Gasteiger partial charge on any atom is 0.290 e. The molecule has 1 amide bonds. The van der Waals surface area contributed by atoms with Gasteiger partial charge >= 0.3 is 0 Å². The van der Waals surface area contributed by atoms with Gasteiger partial charge in [-0.25, -0.2) is 0 Å². The van der Waals surface area contributed by atoms with Crippen molar-refractivity contribution < 1.29 is 13.9 Å². The van der Waals surface area contributed by atoms with Crippen LogP contribution >= 0.6 is 0 Å². The summed E-state index contributed by atoms with van der Waals surface area (Å²) in [5.41, 5.74) is 1.53. The van der Waals surface area contributed by atoms with Crippen LogP contribution < -0.4 is 4.74 Å². The molecule has 0 radical (unpaired) electrons. The minimum Gasteiger partial charge on any atom is -0.489 e. The summed E-state index contributed by atoms with van der Waals surface area (Å²) in [5, 5.41) is 0.931. The van der Waals surface area contributed by atoms with Gasteiger partial charge in [-0.05, 0) is 25.2 Å². The zero-order valence-electron chi connectivity index (χ0n) is 14.9. The standard InChI is InChI=1S/C21H22N2O3/c1-22-11-13-23(14-12-22)21(24)20-18(15-25-16-7-3-2-4-8-16)17-9-5-6-10-19(17)26-20/h2-10H,11-15H2,1H3. The van der Waals surface area contributed by atoms with Crippen molar-refractivity contribution in [1.29, 1.82) is 0 Å². The largest absolute Gasteiger partial charge is 0.489 e. The number of ether oxygens (including phenoxy) is 1. The first-order valence-electron chi connectivity index (χ1n) is 8.88. The molecule has 134 valence electrons. The quantitative estimate of drug-likeness (QED) is 0.723. The summed E-state index contributed by atoms with van der Waals surface area (Å²) < 4.78 is 11.9. The number of para-hydroxylation sites is 2. The number of hydrogen-bond acceptors (Lipinski definition) is 4. The van der Waals surface area contributed by atoms with Crippen LogP contribution in [-0.4, -0.2) is 48.9 Å². The van der Waals surface area contributed by atoms with Gasteiger partial charge in [0.25, 0.3) is 5.91 Å². The number of rotatable bonds is 4. The topological polar surface area (TPSA) is 45.9 Å². The minimum atomic E-state index is -0.0547. The molecule has 1 saturated heterocycles. The lowest BCUT2D eigenvalue weighted by molar-refractivity contribution is 0.0631. The van der Waals surface area contributed by atoms with Crippen molar-refractivity contribution in [3.63, 3.8) is 0 Å². The van der Waals surface area contributed by atoms with Gasteiger partial charge in [0.1, 0.15) is 17.9 Å². The Morgan fingerprint density at radius 2 is 1.69 bits per heavy atom. The Labute approximate surface area is 152 Å². The SMILES string of the molecule is CN1CCN(C(=O)c2oc3ccccc3c2COc2ccccc2)CC1. The molecule has 1 fully saturated rings. The van der Waals surface area contributed by atoms with Crippen molar-refractivity contribution in [3.8, 4) is 5.75 Å². The third kappa shape index (κ3) is 3.30. The van der Waals surface area contributed by atoms with E-state index < -0.39 is 0 Å². The maximum absolute atomic E-state index is 13.1. The Balaban J connectivity index is 1.64. The lowest BCUT2D eigenvalue weighted by atomic mass is 10.1. The van der Waals surface area contributed by atoms with E-state index in [1.54, 1.807) is 0 Å². The smallest absolute Gasteiger partial charge is 0.290 e. The Bertz CT molecular complexity index is 896. The van der Waals surface area contributed by atoms with Crippen molar-refractivity contribution in [1.82, 2.24) is 9.80 Å². The highest BCUT2D eigenvalue weighted by atomic mass is 16.5. The molecule has 0 atom stereocenters. The molecule has 5 heteroatoms. The van der Waals surface area contributed by atoms with E-state index in [1.165, 1.54) is 0 Å². The van der Waals surface area contributed by atoms with Gasteiger partial charge in [0.2, 0.25) is 0 Å². The minimum absolute atomic E-state index is 0.0547. The number of carbonyl (C=O) groups excluding carboxylic acids is 1. The number of carbonyl (C=O) groups is 1.